The molecule has 0 spiro atoms. The van der Waals surface area contributed by atoms with Crippen LogP contribution in [0.1, 0.15) is 56.6 Å². The van der Waals surface area contributed by atoms with E-state index in [0.29, 0.717) is 5.91 Å². The highest BCUT2D eigenvalue weighted by Crippen LogP contribution is 2.66. The highest BCUT2D eigenvalue weighted by Gasteiger charge is 2.61. The summed E-state index contributed by atoms with van der Waals surface area (Å²) in [6, 6.07) is 9.26. The van der Waals surface area contributed by atoms with Crippen LogP contribution in [0, 0.1) is 24.2 Å². The van der Waals surface area contributed by atoms with Gasteiger partial charge >= 0.3 is 0 Å². The minimum absolute atomic E-state index is 0.0661. The van der Waals surface area contributed by atoms with E-state index >= 15 is 0 Å². The normalized spacial score (nSPS) is 38.4. The van der Waals surface area contributed by atoms with Crippen molar-refractivity contribution in [3.8, 4) is 0 Å². The molecular weight excluding hydrogens is 332 g/mol. The van der Waals surface area contributed by atoms with Crippen LogP contribution in [0.15, 0.2) is 24.3 Å². The molecular formula is C24H34N2O. The van der Waals surface area contributed by atoms with Gasteiger partial charge < -0.3 is 9.80 Å². The van der Waals surface area contributed by atoms with Crippen molar-refractivity contribution in [2.75, 3.05) is 32.7 Å². The van der Waals surface area contributed by atoms with E-state index in [0.717, 1.165) is 63.8 Å². The Morgan fingerprint density at radius 3 is 2.22 bits per heavy atom. The second-order valence-corrected chi connectivity index (χ2v) is 10.1. The van der Waals surface area contributed by atoms with Crippen LogP contribution in [0.2, 0.25) is 0 Å². The van der Waals surface area contributed by atoms with Crippen molar-refractivity contribution in [3.05, 3.63) is 35.4 Å². The van der Waals surface area contributed by atoms with Gasteiger partial charge in [0, 0.05) is 26.2 Å². The molecule has 0 aromatic heterocycles. The molecule has 0 radical (unpaired) electrons. The molecule has 27 heavy (non-hydrogen) atoms. The summed E-state index contributed by atoms with van der Waals surface area (Å²) < 4.78 is 0. The first kappa shape index (κ1) is 17.7. The molecule has 146 valence electrons. The van der Waals surface area contributed by atoms with Crippen molar-refractivity contribution < 1.29 is 4.79 Å². The first-order chi connectivity index (χ1) is 13.0. The summed E-state index contributed by atoms with van der Waals surface area (Å²) in [5, 5.41) is 0. The average molecular weight is 367 g/mol. The number of amides is 1. The Hall–Kier alpha value is -1.35. The van der Waals surface area contributed by atoms with Crippen LogP contribution in [0.4, 0.5) is 0 Å². The lowest BCUT2D eigenvalue weighted by Crippen LogP contribution is -2.61. The number of aryl methyl sites for hydroxylation is 1. The zero-order chi connectivity index (χ0) is 18.6. The van der Waals surface area contributed by atoms with E-state index in [4.69, 9.17) is 0 Å². The maximum atomic E-state index is 13.8. The highest BCUT2D eigenvalue weighted by molar-refractivity contribution is 5.84. The van der Waals surface area contributed by atoms with Gasteiger partial charge in [-0.05, 0) is 74.8 Å². The number of nitrogens with zero attached hydrogens (tertiary/aromatic N) is 2. The lowest BCUT2D eigenvalue weighted by atomic mass is 9.42. The molecule has 1 aromatic carbocycles. The van der Waals surface area contributed by atoms with Gasteiger partial charge in [0.15, 0.2) is 0 Å². The number of carbonyl (C=O) groups is 1. The molecule has 2 unspecified atom stereocenters. The van der Waals surface area contributed by atoms with E-state index in [2.05, 4.69) is 47.9 Å². The Balaban J connectivity index is 1.43. The van der Waals surface area contributed by atoms with Crippen LogP contribution in [0.3, 0.4) is 0 Å². The van der Waals surface area contributed by atoms with E-state index in [1.165, 1.54) is 30.4 Å². The van der Waals surface area contributed by atoms with Crippen LogP contribution < -0.4 is 0 Å². The van der Waals surface area contributed by atoms with Gasteiger partial charge in [-0.2, -0.15) is 0 Å². The fourth-order valence-corrected chi connectivity index (χ4v) is 7.36. The summed E-state index contributed by atoms with van der Waals surface area (Å²) in [4.78, 5) is 18.5. The van der Waals surface area contributed by atoms with E-state index in [1.54, 1.807) is 0 Å². The minimum atomic E-state index is -0.0661. The molecule has 1 saturated heterocycles. The minimum Gasteiger partial charge on any atom is -0.340 e. The van der Waals surface area contributed by atoms with Crippen molar-refractivity contribution in [1.29, 1.82) is 0 Å². The van der Waals surface area contributed by atoms with Crippen LogP contribution in [-0.2, 0) is 10.2 Å². The van der Waals surface area contributed by atoms with Crippen molar-refractivity contribution in [2.45, 2.75) is 57.8 Å². The van der Waals surface area contributed by atoms with E-state index in [9.17, 15) is 4.79 Å². The molecule has 4 saturated carbocycles. The molecule has 1 aromatic rings. The number of likely N-dealkylation sites (N-methyl/N-ethyl adjacent to an activating group) is 1. The molecule has 1 aliphatic heterocycles. The number of carbonyl (C=O) groups excluding carboxylic acids is 1. The largest absolute Gasteiger partial charge is 0.340 e. The molecule has 1 heterocycles. The molecule has 5 fully saturated rings. The van der Waals surface area contributed by atoms with Crippen LogP contribution in [-0.4, -0.2) is 48.4 Å². The summed E-state index contributed by atoms with van der Waals surface area (Å²) in [5.74, 6) is 2.02. The predicted octanol–water partition coefficient (Wildman–Crippen LogP) is 4.00. The molecule has 4 atom stereocenters. The zero-order valence-electron chi connectivity index (χ0n) is 17.0. The molecule has 0 N–H and O–H groups in total. The van der Waals surface area contributed by atoms with Crippen molar-refractivity contribution in [2.24, 2.45) is 17.3 Å². The SMILES string of the molecule is CCN1CCN(C(=O)C23C[C@H]4C[C@@H](C2)CC(c2ccc(C)cc2)(C4)C3)CC1. The molecule has 6 rings (SSSR count). The predicted molar refractivity (Wildman–Crippen MR) is 109 cm³/mol. The van der Waals surface area contributed by atoms with Crippen LogP contribution >= 0.6 is 0 Å². The van der Waals surface area contributed by atoms with E-state index in [-0.39, 0.29) is 10.8 Å². The third-order valence-corrected chi connectivity index (χ3v) is 8.29. The topological polar surface area (TPSA) is 23.6 Å². The highest BCUT2D eigenvalue weighted by atomic mass is 16.2. The summed E-state index contributed by atoms with van der Waals surface area (Å²) in [5.41, 5.74) is 3.04. The van der Waals surface area contributed by atoms with E-state index < -0.39 is 0 Å². The number of rotatable bonds is 3. The molecule has 4 aliphatic carbocycles. The Kier molecular flexibility index (Phi) is 4.16. The number of benzene rings is 1. The maximum absolute atomic E-state index is 13.8. The number of hydrogen-bond acceptors (Lipinski definition) is 2. The van der Waals surface area contributed by atoms with Gasteiger partial charge in [0.25, 0.3) is 0 Å². The van der Waals surface area contributed by atoms with Gasteiger partial charge in [-0.1, -0.05) is 36.8 Å². The molecule has 1 amide bonds. The van der Waals surface area contributed by atoms with Gasteiger partial charge in [0.2, 0.25) is 5.91 Å². The fraction of sp³-hybridized carbons (Fsp3) is 0.708. The van der Waals surface area contributed by atoms with Crippen molar-refractivity contribution in [1.82, 2.24) is 9.80 Å². The zero-order valence-corrected chi connectivity index (χ0v) is 17.0. The molecule has 5 aliphatic rings. The quantitative estimate of drug-likeness (QED) is 0.807. The van der Waals surface area contributed by atoms with Crippen molar-refractivity contribution in [3.63, 3.8) is 0 Å². The first-order valence-electron chi connectivity index (χ1n) is 11.1. The first-order valence-corrected chi connectivity index (χ1v) is 11.1. The van der Waals surface area contributed by atoms with Crippen LogP contribution in [0.5, 0.6) is 0 Å². The lowest BCUT2D eigenvalue weighted by molar-refractivity contribution is -0.162. The Morgan fingerprint density at radius 1 is 1.00 bits per heavy atom. The molecule has 3 nitrogen and oxygen atoms in total. The summed E-state index contributed by atoms with van der Waals surface area (Å²) in [6.07, 6.45) is 7.40. The lowest BCUT2D eigenvalue weighted by Gasteiger charge is -2.62. The standard InChI is InChI=1S/C24H34N2O/c1-3-25-8-10-26(11-9-25)22(27)24-15-19-12-20(16-24)14-23(13-19,17-24)21-6-4-18(2)5-7-21/h4-7,19-20H,3,8-17H2,1-2H3/t19-,20+,23?,24?. The fourth-order valence-electron chi connectivity index (χ4n) is 7.36. The average Bonchev–Trinajstić information content (AvgIpc) is 2.67. The number of piperazine rings is 1. The van der Waals surface area contributed by atoms with Crippen LogP contribution in [0.25, 0.3) is 0 Å². The van der Waals surface area contributed by atoms with Gasteiger partial charge in [-0.25, -0.2) is 0 Å². The number of hydrogen-bond donors (Lipinski definition) is 0. The maximum Gasteiger partial charge on any atom is 0.228 e. The van der Waals surface area contributed by atoms with E-state index in [1.807, 2.05) is 0 Å². The molecule has 3 heteroatoms. The Morgan fingerprint density at radius 2 is 1.63 bits per heavy atom. The monoisotopic (exact) mass is 366 g/mol. The summed E-state index contributed by atoms with van der Waals surface area (Å²) >= 11 is 0. The van der Waals surface area contributed by atoms with Crippen molar-refractivity contribution >= 4 is 5.91 Å². The van der Waals surface area contributed by atoms with Gasteiger partial charge in [-0.15, -0.1) is 0 Å². The summed E-state index contributed by atoms with van der Waals surface area (Å²) in [7, 11) is 0. The van der Waals surface area contributed by atoms with Gasteiger partial charge in [0.05, 0.1) is 5.41 Å². The van der Waals surface area contributed by atoms with Gasteiger partial charge in [-0.3, -0.25) is 4.79 Å². The van der Waals surface area contributed by atoms with Gasteiger partial charge in [0.1, 0.15) is 0 Å². The second kappa shape index (κ2) is 6.34. The molecule has 4 bridgehead atoms. The smallest absolute Gasteiger partial charge is 0.228 e. The Labute approximate surface area is 164 Å². The third-order valence-electron chi connectivity index (χ3n) is 8.29. The summed E-state index contributed by atoms with van der Waals surface area (Å²) in [6.45, 7) is 9.46. The third kappa shape index (κ3) is 2.85. The second-order valence-electron chi connectivity index (χ2n) is 10.1. The Bertz CT molecular complexity index is 702.